The van der Waals surface area contributed by atoms with Crippen molar-refractivity contribution >= 4 is 36.2 Å². The second kappa shape index (κ2) is 13.2. The monoisotopic (exact) mass is 680 g/mol. The predicted molar refractivity (Wildman–Crippen MR) is 162 cm³/mol. The fraction of sp³-hybridized carbons (Fsp3) is 0.519. The number of aliphatic hydroxyl groups excluding tert-OH is 5. The molecular weight excluding hydrogens is 643 g/mol. The van der Waals surface area contributed by atoms with Gasteiger partial charge in [-0.05, 0) is 18.1 Å². The van der Waals surface area contributed by atoms with Gasteiger partial charge in [-0.1, -0.05) is 18.2 Å². The molecule has 3 aliphatic rings. The summed E-state index contributed by atoms with van der Waals surface area (Å²) in [5.74, 6) is -0.512. The number of amides is 1. The van der Waals surface area contributed by atoms with Gasteiger partial charge in [-0.3, -0.25) is 19.3 Å². The highest BCUT2D eigenvalue weighted by molar-refractivity contribution is 7.50. The number of ether oxygens (including phenoxy) is 2. The number of aliphatic hydroxyl groups is 5. The molecular formula is C27H37N8O11P. The van der Waals surface area contributed by atoms with E-state index in [2.05, 4.69) is 25.7 Å². The molecule has 3 aliphatic heterocycles. The standard InChI is InChI=1S/C27H37N8O11P/c1-29-25(41)15(6-12-7-30-14-5-3-2-4-13(12)14)33-47(42,43)44-9-17-20(38)22(40)27(46-17)35-10-31-18-23(28)34(11-32-24(18)35)26-21(39)19(37)16(8-36)45-26/h2-5,7,10,15-17,19-22,26-28,30,32,36-40H,6,8-9,11H2,1H3,(H,29,41)(H2,33,42,43)/t15-,16-,17-,19-,20-,21+,22-,26-,27-/m1/s1. The van der Waals surface area contributed by atoms with Crippen LogP contribution in [0.15, 0.2) is 36.8 Å². The summed E-state index contributed by atoms with van der Waals surface area (Å²) in [6, 6.07) is 6.25. The van der Waals surface area contributed by atoms with E-state index in [-0.39, 0.29) is 30.4 Å². The number of carbonyl (C=O) groups excluding carboxylic acids is 1. The zero-order valence-electron chi connectivity index (χ0n) is 25.0. The van der Waals surface area contributed by atoms with Gasteiger partial charge in [0.15, 0.2) is 18.3 Å². The highest BCUT2D eigenvalue weighted by atomic mass is 31.2. The second-order valence-corrected chi connectivity index (χ2v) is 13.0. The Bertz CT molecular complexity index is 1670. The molecule has 2 aromatic heterocycles. The fourth-order valence-electron chi connectivity index (χ4n) is 6.03. The SMILES string of the molecule is CNC(=O)[C@@H](Cc1c[nH]c2ccccc12)NP(=O)(O)OC[C@H]1O[C@@H](n2cnc3c2NCN([C@@H]2O[C@H](CO)[C@@H](O)[C@@H]2O)C3=N)[C@H](O)[C@@H]1O. The summed E-state index contributed by atoms with van der Waals surface area (Å²) in [7, 11) is -3.26. The first-order valence-corrected chi connectivity index (χ1v) is 16.3. The summed E-state index contributed by atoms with van der Waals surface area (Å²) in [6.45, 7) is -1.26. The number of hydrogen-bond donors (Lipinski definition) is 11. The van der Waals surface area contributed by atoms with Gasteiger partial charge in [-0.15, -0.1) is 0 Å². The number of rotatable bonds is 11. The summed E-state index contributed by atoms with van der Waals surface area (Å²) in [5, 5.41) is 68.8. The van der Waals surface area contributed by atoms with E-state index in [1.165, 1.54) is 22.8 Å². The molecule has 6 rings (SSSR count). The van der Waals surface area contributed by atoms with E-state index in [0.29, 0.717) is 0 Å². The van der Waals surface area contributed by atoms with Crippen molar-refractivity contribution < 1.29 is 53.8 Å². The van der Waals surface area contributed by atoms with Crippen molar-refractivity contribution in [2.45, 2.75) is 61.5 Å². The van der Waals surface area contributed by atoms with Crippen LogP contribution < -0.4 is 15.7 Å². The molecule has 1 unspecified atom stereocenters. The van der Waals surface area contributed by atoms with E-state index in [0.717, 1.165) is 16.5 Å². The lowest BCUT2D eigenvalue weighted by atomic mass is 10.1. The third kappa shape index (κ3) is 6.28. The van der Waals surface area contributed by atoms with Gasteiger partial charge in [0.2, 0.25) is 5.91 Å². The Balaban J connectivity index is 1.10. The minimum atomic E-state index is -4.66. The summed E-state index contributed by atoms with van der Waals surface area (Å²) in [4.78, 5) is 31.9. The fourth-order valence-corrected chi connectivity index (χ4v) is 7.06. The number of nitrogens with one attached hydrogen (secondary N) is 5. The summed E-state index contributed by atoms with van der Waals surface area (Å²) >= 11 is 0. The van der Waals surface area contributed by atoms with E-state index in [4.69, 9.17) is 19.4 Å². The van der Waals surface area contributed by atoms with Crippen LogP contribution in [0.25, 0.3) is 10.9 Å². The summed E-state index contributed by atoms with van der Waals surface area (Å²) in [6.07, 6.45) is -7.56. The van der Waals surface area contributed by atoms with Gasteiger partial charge in [0.05, 0.1) is 26.2 Å². The number of fused-ring (bicyclic) bond motifs is 2. The molecule has 10 atom stereocenters. The molecule has 19 nitrogen and oxygen atoms in total. The van der Waals surface area contributed by atoms with Crippen LogP contribution in [0.1, 0.15) is 17.5 Å². The van der Waals surface area contributed by atoms with Gasteiger partial charge < -0.3 is 60.4 Å². The molecule has 256 valence electrons. The average Bonchev–Trinajstić information content (AvgIpc) is 3.81. The Morgan fingerprint density at radius 3 is 2.57 bits per heavy atom. The van der Waals surface area contributed by atoms with Crippen molar-refractivity contribution in [2.75, 3.05) is 32.2 Å². The Morgan fingerprint density at radius 1 is 1.15 bits per heavy atom. The lowest BCUT2D eigenvalue weighted by molar-refractivity contribution is -0.122. The highest BCUT2D eigenvalue weighted by Gasteiger charge is 2.49. The number of likely N-dealkylation sites (N-methyl/N-ethyl adjacent to an activating group) is 1. The van der Waals surface area contributed by atoms with Crippen molar-refractivity contribution in [1.82, 2.24) is 29.8 Å². The first kappa shape index (κ1) is 33.4. The topological polar surface area (TPSA) is 280 Å². The number of H-pyrrole nitrogens is 1. The Labute approximate surface area is 267 Å². The summed E-state index contributed by atoms with van der Waals surface area (Å²) in [5.41, 5.74) is 1.65. The summed E-state index contributed by atoms with van der Waals surface area (Å²) < 4.78 is 31.0. The number of aromatic nitrogens is 3. The number of imidazole rings is 1. The number of anilines is 1. The molecule has 0 spiro atoms. The molecule has 1 aromatic carbocycles. The van der Waals surface area contributed by atoms with Crippen LogP contribution >= 0.6 is 7.75 Å². The van der Waals surface area contributed by atoms with Crippen molar-refractivity contribution in [1.29, 1.82) is 5.41 Å². The molecule has 0 aliphatic carbocycles. The quantitative estimate of drug-likeness (QED) is 0.0934. The third-order valence-electron chi connectivity index (χ3n) is 8.55. The molecule has 2 saturated heterocycles. The number of amidine groups is 1. The molecule has 2 fully saturated rings. The minimum Gasteiger partial charge on any atom is -0.394 e. The molecule has 3 aromatic rings. The number of benzene rings is 1. The molecule has 5 heterocycles. The van der Waals surface area contributed by atoms with Crippen LogP contribution in [0.3, 0.4) is 0 Å². The first-order valence-electron chi connectivity index (χ1n) is 14.8. The van der Waals surface area contributed by atoms with E-state index in [1.807, 2.05) is 24.3 Å². The van der Waals surface area contributed by atoms with Crippen LogP contribution in [-0.4, -0.2) is 137 Å². The van der Waals surface area contributed by atoms with Crippen molar-refractivity contribution in [3.05, 3.63) is 48.0 Å². The largest absolute Gasteiger partial charge is 0.403 e. The lowest BCUT2D eigenvalue weighted by Crippen LogP contribution is -2.51. The second-order valence-electron chi connectivity index (χ2n) is 11.5. The van der Waals surface area contributed by atoms with Gasteiger partial charge in [0, 0.05) is 24.1 Å². The van der Waals surface area contributed by atoms with Gasteiger partial charge in [0.1, 0.15) is 54.2 Å². The number of para-hydroxylation sites is 1. The maximum absolute atomic E-state index is 13.1. The van der Waals surface area contributed by atoms with Crippen molar-refractivity contribution in [3.63, 3.8) is 0 Å². The average molecular weight is 681 g/mol. The van der Waals surface area contributed by atoms with E-state index in [1.54, 1.807) is 6.20 Å². The number of carbonyl (C=O) groups is 1. The zero-order chi connectivity index (χ0) is 33.6. The maximum Gasteiger partial charge on any atom is 0.403 e. The zero-order valence-corrected chi connectivity index (χ0v) is 25.9. The number of aromatic amines is 1. The molecule has 0 radical (unpaired) electrons. The number of hydrogen-bond acceptors (Lipinski definition) is 13. The Hall–Kier alpha value is -3.46. The molecule has 20 heteroatoms. The van der Waals surface area contributed by atoms with E-state index in [9.17, 15) is 39.8 Å². The minimum absolute atomic E-state index is 0.0561. The Kier molecular flexibility index (Phi) is 9.40. The van der Waals surface area contributed by atoms with Gasteiger partial charge in [-0.25, -0.2) is 14.6 Å². The molecule has 11 N–H and O–H groups in total. The number of nitrogens with zero attached hydrogens (tertiary/aromatic N) is 3. The van der Waals surface area contributed by atoms with Crippen LogP contribution in [0, 0.1) is 5.41 Å². The van der Waals surface area contributed by atoms with Gasteiger partial charge in [0.25, 0.3) is 0 Å². The van der Waals surface area contributed by atoms with E-state index >= 15 is 0 Å². The predicted octanol–water partition coefficient (Wildman–Crippen LogP) is -2.50. The van der Waals surface area contributed by atoms with Crippen LogP contribution in [-0.2, 0) is 29.8 Å². The third-order valence-corrected chi connectivity index (χ3v) is 9.69. The van der Waals surface area contributed by atoms with Crippen molar-refractivity contribution in [3.8, 4) is 0 Å². The normalized spacial score (nSPS) is 31.0. The smallest absolute Gasteiger partial charge is 0.394 e. The van der Waals surface area contributed by atoms with Crippen LogP contribution in [0.2, 0.25) is 0 Å². The van der Waals surface area contributed by atoms with Crippen molar-refractivity contribution in [2.24, 2.45) is 0 Å². The molecule has 0 saturated carbocycles. The maximum atomic E-state index is 13.1. The van der Waals surface area contributed by atoms with Gasteiger partial charge in [-0.2, -0.15) is 0 Å². The van der Waals surface area contributed by atoms with Gasteiger partial charge >= 0.3 is 7.75 Å². The highest BCUT2D eigenvalue weighted by Crippen LogP contribution is 2.41. The Morgan fingerprint density at radius 2 is 1.85 bits per heavy atom. The molecule has 0 bridgehead atoms. The molecule has 1 amide bonds. The van der Waals surface area contributed by atoms with Crippen LogP contribution in [0.5, 0.6) is 0 Å². The van der Waals surface area contributed by atoms with E-state index < -0.39 is 82.0 Å². The first-order chi connectivity index (χ1) is 22.4. The lowest BCUT2D eigenvalue weighted by Gasteiger charge is -2.36. The van der Waals surface area contributed by atoms with Crippen LogP contribution in [0.4, 0.5) is 5.82 Å². The molecule has 47 heavy (non-hydrogen) atoms.